The maximum absolute atomic E-state index is 4.72. The molecule has 0 N–H and O–H groups in total. The molecule has 0 unspecified atom stereocenters. The third-order valence-corrected chi connectivity index (χ3v) is 3.86. The number of benzene rings is 1. The third-order valence-electron chi connectivity index (χ3n) is 3.86. The van der Waals surface area contributed by atoms with E-state index in [1.165, 1.54) is 24.8 Å². The first kappa shape index (κ1) is 14.7. The lowest BCUT2D eigenvalue weighted by Crippen LogP contribution is -2.02. The topological polar surface area (TPSA) is 43.6 Å². The SMILES string of the molecule is CCCCCCc1ncc2ncn(Cc3ccccc3)c2n1. The van der Waals surface area contributed by atoms with Crippen LogP contribution in [0.25, 0.3) is 11.2 Å². The maximum Gasteiger partial charge on any atom is 0.163 e. The van der Waals surface area contributed by atoms with E-state index in [2.05, 4.69) is 45.7 Å². The normalized spacial score (nSPS) is 11.1. The Morgan fingerprint density at radius 2 is 1.86 bits per heavy atom. The summed E-state index contributed by atoms with van der Waals surface area (Å²) >= 11 is 0. The number of rotatable bonds is 7. The third kappa shape index (κ3) is 3.50. The number of imidazole rings is 1. The van der Waals surface area contributed by atoms with Crippen LogP contribution in [0.15, 0.2) is 42.9 Å². The molecule has 114 valence electrons. The highest BCUT2D eigenvalue weighted by Gasteiger charge is 2.07. The summed E-state index contributed by atoms with van der Waals surface area (Å²) < 4.78 is 2.10. The molecule has 0 aliphatic rings. The molecule has 0 fully saturated rings. The Hall–Kier alpha value is -2.23. The number of fused-ring (bicyclic) bond motifs is 1. The van der Waals surface area contributed by atoms with Crippen LogP contribution in [0.1, 0.15) is 44.0 Å². The van der Waals surface area contributed by atoms with Crippen LogP contribution in [0.5, 0.6) is 0 Å². The van der Waals surface area contributed by atoms with Crippen molar-refractivity contribution in [2.24, 2.45) is 0 Å². The van der Waals surface area contributed by atoms with E-state index in [0.717, 1.165) is 36.4 Å². The smallest absolute Gasteiger partial charge is 0.163 e. The van der Waals surface area contributed by atoms with Gasteiger partial charge in [-0.05, 0) is 12.0 Å². The number of aryl methyl sites for hydroxylation is 1. The largest absolute Gasteiger partial charge is 0.311 e. The predicted octanol–water partition coefficient (Wildman–Crippen LogP) is 4.00. The van der Waals surface area contributed by atoms with Gasteiger partial charge in [0.25, 0.3) is 0 Å². The molecule has 1 aromatic carbocycles. The molecule has 4 heteroatoms. The molecular formula is C18H22N4. The van der Waals surface area contributed by atoms with Crippen molar-refractivity contribution in [2.45, 2.75) is 45.6 Å². The average molecular weight is 294 g/mol. The lowest BCUT2D eigenvalue weighted by molar-refractivity contribution is 0.652. The molecule has 2 aromatic heterocycles. The second-order valence-corrected chi connectivity index (χ2v) is 5.66. The summed E-state index contributed by atoms with van der Waals surface area (Å²) in [5, 5.41) is 0. The predicted molar refractivity (Wildman–Crippen MR) is 88.7 cm³/mol. The van der Waals surface area contributed by atoms with E-state index in [-0.39, 0.29) is 0 Å². The van der Waals surface area contributed by atoms with Crippen LogP contribution in [-0.2, 0) is 13.0 Å². The van der Waals surface area contributed by atoms with Crippen molar-refractivity contribution in [1.29, 1.82) is 0 Å². The number of unbranched alkanes of at least 4 members (excludes halogenated alkanes) is 3. The lowest BCUT2D eigenvalue weighted by Gasteiger charge is -2.05. The van der Waals surface area contributed by atoms with Crippen LogP contribution in [0.4, 0.5) is 0 Å². The summed E-state index contributed by atoms with van der Waals surface area (Å²) in [7, 11) is 0. The van der Waals surface area contributed by atoms with Gasteiger partial charge in [0.05, 0.1) is 19.1 Å². The zero-order valence-electron chi connectivity index (χ0n) is 13.1. The lowest BCUT2D eigenvalue weighted by atomic mass is 10.1. The van der Waals surface area contributed by atoms with E-state index < -0.39 is 0 Å². The highest BCUT2D eigenvalue weighted by atomic mass is 15.1. The second kappa shape index (κ2) is 7.16. The summed E-state index contributed by atoms with van der Waals surface area (Å²) in [5.41, 5.74) is 3.06. The van der Waals surface area contributed by atoms with E-state index in [9.17, 15) is 0 Å². The fourth-order valence-corrected chi connectivity index (χ4v) is 2.62. The summed E-state index contributed by atoms with van der Waals surface area (Å²) in [4.78, 5) is 13.6. The van der Waals surface area contributed by atoms with Crippen molar-refractivity contribution in [3.8, 4) is 0 Å². The quantitative estimate of drug-likeness (QED) is 0.619. The molecule has 0 atom stereocenters. The summed E-state index contributed by atoms with van der Waals surface area (Å²) in [6, 6.07) is 10.4. The van der Waals surface area contributed by atoms with E-state index in [4.69, 9.17) is 4.98 Å². The molecule has 0 radical (unpaired) electrons. The Morgan fingerprint density at radius 1 is 1.00 bits per heavy atom. The standard InChI is InChI=1S/C18H22N4/c1-2-3-4-8-11-17-19-12-16-18(21-17)22(14-20-16)13-15-9-6-5-7-10-15/h5-7,9-10,12,14H,2-4,8,11,13H2,1H3. The van der Waals surface area contributed by atoms with Crippen molar-refractivity contribution in [1.82, 2.24) is 19.5 Å². The number of hydrogen-bond donors (Lipinski definition) is 0. The molecule has 0 saturated heterocycles. The van der Waals surface area contributed by atoms with E-state index >= 15 is 0 Å². The number of hydrogen-bond acceptors (Lipinski definition) is 3. The Kier molecular flexibility index (Phi) is 4.78. The molecule has 4 nitrogen and oxygen atoms in total. The molecule has 0 saturated carbocycles. The van der Waals surface area contributed by atoms with Crippen molar-refractivity contribution >= 4 is 11.2 Å². The van der Waals surface area contributed by atoms with Gasteiger partial charge in [0, 0.05) is 6.42 Å². The summed E-state index contributed by atoms with van der Waals surface area (Å²) in [6.45, 7) is 3.02. The molecule has 0 aliphatic carbocycles. The Morgan fingerprint density at radius 3 is 2.68 bits per heavy atom. The van der Waals surface area contributed by atoms with Crippen LogP contribution < -0.4 is 0 Å². The van der Waals surface area contributed by atoms with Crippen LogP contribution in [-0.4, -0.2) is 19.5 Å². The molecule has 0 amide bonds. The first-order valence-corrected chi connectivity index (χ1v) is 8.07. The minimum atomic E-state index is 0.795. The van der Waals surface area contributed by atoms with Crippen LogP contribution >= 0.6 is 0 Å². The molecule has 22 heavy (non-hydrogen) atoms. The number of aromatic nitrogens is 4. The molecular weight excluding hydrogens is 272 g/mol. The molecule has 0 bridgehead atoms. The van der Waals surface area contributed by atoms with Gasteiger partial charge in [-0.1, -0.05) is 56.5 Å². The molecule has 2 heterocycles. The van der Waals surface area contributed by atoms with Gasteiger partial charge in [-0.15, -0.1) is 0 Å². The first-order chi connectivity index (χ1) is 10.9. The Bertz CT molecular complexity index is 718. The average Bonchev–Trinajstić information content (AvgIpc) is 2.95. The molecule has 0 aliphatic heterocycles. The molecule has 0 spiro atoms. The van der Waals surface area contributed by atoms with E-state index in [0.29, 0.717) is 0 Å². The highest BCUT2D eigenvalue weighted by molar-refractivity contribution is 5.69. The van der Waals surface area contributed by atoms with Crippen LogP contribution in [0.3, 0.4) is 0 Å². The van der Waals surface area contributed by atoms with Crippen molar-refractivity contribution in [3.63, 3.8) is 0 Å². The minimum Gasteiger partial charge on any atom is -0.311 e. The Balaban J connectivity index is 1.76. The number of nitrogens with zero attached hydrogens (tertiary/aromatic N) is 4. The fourth-order valence-electron chi connectivity index (χ4n) is 2.62. The van der Waals surface area contributed by atoms with Gasteiger partial charge in [-0.25, -0.2) is 15.0 Å². The van der Waals surface area contributed by atoms with Gasteiger partial charge in [-0.2, -0.15) is 0 Å². The van der Waals surface area contributed by atoms with Gasteiger partial charge in [0.2, 0.25) is 0 Å². The van der Waals surface area contributed by atoms with Gasteiger partial charge in [0.1, 0.15) is 11.3 Å². The van der Waals surface area contributed by atoms with E-state index in [1.807, 2.05) is 18.6 Å². The molecule has 3 aromatic rings. The zero-order valence-corrected chi connectivity index (χ0v) is 13.1. The van der Waals surface area contributed by atoms with Gasteiger partial charge < -0.3 is 4.57 Å². The van der Waals surface area contributed by atoms with Crippen LogP contribution in [0.2, 0.25) is 0 Å². The maximum atomic E-state index is 4.72. The summed E-state index contributed by atoms with van der Waals surface area (Å²) in [6.07, 6.45) is 9.60. The van der Waals surface area contributed by atoms with Gasteiger partial charge >= 0.3 is 0 Å². The van der Waals surface area contributed by atoms with Crippen molar-refractivity contribution in [2.75, 3.05) is 0 Å². The van der Waals surface area contributed by atoms with Gasteiger partial charge in [0.15, 0.2) is 5.65 Å². The monoisotopic (exact) mass is 294 g/mol. The Labute approximate surface area is 131 Å². The van der Waals surface area contributed by atoms with Crippen molar-refractivity contribution in [3.05, 3.63) is 54.2 Å². The first-order valence-electron chi connectivity index (χ1n) is 8.07. The fraction of sp³-hybridized carbons (Fsp3) is 0.389. The zero-order chi connectivity index (χ0) is 15.2. The summed E-state index contributed by atoms with van der Waals surface area (Å²) in [5.74, 6) is 0.929. The minimum absolute atomic E-state index is 0.795. The van der Waals surface area contributed by atoms with Gasteiger partial charge in [-0.3, -0.25) is 0 Å². The highest BCUT2D eigenvalue weighted by Crippen LogP contribution is 2.13. The second-order valence-electron chi connectivity index (χ2n) is 5.66. The van der Waals surface area contributed by atoms with Crippen LogP contribution in [0, 0.1) is 0 Å². The molecule has 3 rings (SSSR count). The van der Waals surface area contributed by atoms with E-state index in [1.54, 1.807) is 0 Å². The van der Waals surface area contributed by atoms with Crippen molar-refractivity contribution < 1.29 is 0 Å².